The number of H-pyrrole nitrogens is 1. The van der Waals surface area contributed by atoms with E-state index in [0.29, 0.717) is 36.0 Å². The molecule has 0 radical (unpaired) electrons. The first kappa shape index (κ1) is 15.5. The number of nitrogens with zero attached hydrogens (tertiary/aromatic N) is 3. The second-order valence-electron chi connectivity index (χ2n) is 6.41. The number of rotatable bonds is 5. The van der Waals surface area contributed by atoms with Crippen molar-refractivity contribution in [1.29, 1.82) is 0 Å². The van der Waals surface area contributed by atoms with Crippen LogP contribution in [-0.4, -0.2) is 26.5 Å². The summed E-state index contributed by atoms with van der Waals surface area (Å²) in [6, 6.07) is 5.73. The summed E-state index contributed by atoms with van der Waals surface area (Å²) in [7, 11) is 0. The Labute approximate surface area is 143 Å². The molecular weight excluding hydrogens is 322 g/mol. The van der Waals surface area contributed by atoms with Crippen LogP contribution in [0.15, 0.2) is 29.2 Å². The minimum absolute atomic E-state index is 0.201. The van der Waals surface area contributed by atoms with Crippen LogP contribution in [-0.2, 0) is 13.1 Å². The lowest BCUT2D eigenvalue weighted by atomic mass is 10.2. The SMILES string of the molecule is CC(C)Cn1ncc2c(=O)[nH]c(NCc3ccc4c(c3)OCO4)nc21. The molecule has 1 aliphatic heterocycles. The number of ether oxygens (including phenoxy) is 2. The van der Waals surface area contributed by atoms with Crippen molar-refractivity contribution >= 4 is 17.0 Å². The summed E-state index contributed by atoms with van der Waals surface area (Å²) in [6.45, 7) is 5.65. The molecule has 8 nitrogen and oxygen atoms in total. The van der Waals surface area contributed by atoms with Crippen molar-refractivity contribution in [3.8, 4) is 11.5 Å². The molecule has 0 saturated heterocycles. The summed E-state index contributed by atoms with van der Waals surface area (Å²) in [5.74, 6) is 2.30. The second kappa shape index (κ2) is 6.12. The lowest BCUT2D eigenvalue weighted by Crippen LogP contribution is -2.14. The fourth-order valence-corrected chi connectivity index (χ4v) is 2.77. The molecule has 0 amide bonds. The van der Waals surface area contributed by atoms with Crippen LogP contribution in [0.25, 0.3) is 11.0 Å². The number of hydrogen-bond donors (Lipinski definition) is 2. The molecule has 2 N–H and O–H groups in total. The first-order valence-corrected chi connectivity index (χ1v) is 8.18. The maximum atomic E-state index is 12.2. The van der Waals surface area contributed by atoms with Crippen molar-refractivity contribution in [2.45, 2.75) is 26.9 Å². The highest BCUT2D eigenvalue weighted by Crippen LogP contribution is 2.32. The van der Waals surface area contributed by atoms with Crippen LogP contribution >= 0.6 is 0 Å². The minimum Gasteiger partial charge on any atom is -0.454 e. The zero-order chi connectivity index (χ0) is 17.4. The lowest BCUT2D eigenvalue weighted by molar-refractivity contribution is 0.174. The van der Waals surface area contributed by atoms with Crippen molar-refractivity contribution in [2.24, 2.45) is 5.92 Å². The molecule has 4 rings (SSSR count). The monoisotopic (exact) mass is 341 g/mol. The molecule has 0 unspecified atom stereocenters. The first-order valence-electron chi connectivity index (χ1n) is 8.18. The Balaban J connectivity index is 1.58. The van der Waals surface area contributed by atoms with Crippen molar-refractivity contribution < 1.29 is 9.47 Å². The van der Waals surface area contributed by atoms with Gasteiger partial charge in [0.2, 0.25) is 12.7 Å². The fourth-order valence-electron chi connectivity index (χ4n) is 2.77. The van der Waals surface area contributed by atoms with Gasteiger partial charge in [-0.1, -0.05) is 19.9 Å². The van der Waals surface area contributed by atoms with Crippen molar-refractivity contribution in [3.63, 3.8) is 0 Å². The van der Waals surface area contributed by atoms with Gasteiger partial charge in [0, 0.05) is 13.1 Å². The van der Waals surface area contributed by atoms with Gasteiger partial charge in [0.25, 0.3) is 5.56 Å². The molecule has 8 heteroatoms. The Morgan fingerprint density at radius 1 is 1.32 bits per heavy atom. The van der Waals surface area contributed by atoms with Crippen LogP contribution in [0.1, 0.15) is 19.4 Å². The number of aromatic nitrogens is 4. The van der Waals surface area contributed by atoms with E-state index in [2.05, 4.69) is 34.2 Å². The van der Waals surface area contributed by atoms with Gasteiger partial charge in [0.1, 0.15) is 5.39 Å². The van der Waals surface area contributed by atoms with E-state index in [1.54, 1.807) is 10.9 Å². The highest BCUT2D eigenvalue weighted by Gasteiger charge is 2.14. The molecule has 0 aliphatic carbocycles. The third-order valence-corrected chi connectivity index (χ3v) is 3.94. The smallest absolute Gasteiger partial charge is 0.263 e. The normalized spacial score (nSPS) is 12.9. The molecule has 3 heterocycles. The van der Waals surface area contributed by atoms with E-state index in [1.807, 2.05) is 18.2 Å². The predicted molar refractivity (Wildman–Crippen MR) is 92.9 cm³/mol. The third kappa shape index (κ3) is 3.02. The molecule has 3 aromatic rings. The molecule has 1 aromatic carbocycles. The number of benzene rings is 1. The first-order chi connectivity index (χ1) is 12.1. The quantitative estimate of drug-likeness (QED) is 0.738. The van der Waals surface area contributed by atoms with E-state index in [-0.39, 0.29) is 12.4 Å². The van der Waals surface area contributed by atoms with Gasteiger partial charge in [0.15, 0.2) is 17.1 Å². The third-order valence-electron chi connectivity index (χ3n) is 3.94. The van der Waals surface area contributed by atoms with Crippen LogP contribution in [0.4, 0.5) is 5.95 Å². The van der Waals surface area contributed by atoms with Crippen molar-refractivity contribution in [1.82, 2.24) is 19.7 Å². The van der Waals surface area contributed by atoms with Crippen LogP contribution in [0.2, 0.25) is 0 Å². The fraction of sp³-hybridized carbons (Fsp3) is 0.353. The Kier molecular flexibility index (Phi) is 3.79. The van der Waals surface area contributed by atoms with Crippen LogP contribution in [0, 0.1) is 5.92 Å². The van der Waals surface area contributed by atoms with Gasteiger partial charge in [-0.2, -0.15) is 10.1 Å². The largest absolute Gasteiger partial charge is 0.454 e. The molecule has 0 fully saturated rings. The maximum absolute atomic E-state index is 12.2. The van der Waals surface area contributed by atoms with Crippen LogP contribution in [0.5, 0.6) is 11.5 Å². The molecule has 2 aromatic heterocycles. The molecule has 0 saturated carbocycles. The zero-order valence-corrected chi connectivity index (χ0v) is 14.1. The van der Waals surface area contributed by atoms with Gasteiger partial charge in [-0.15, -0.1) is 0 Å². The molecule has 25 heavy (non-hydrogen) atoms. The number of fused-ring (bicyclic) bond motifs is 2. The zero-order valence-electron chi connectivity index (χ0n) is 14.1. The Morgan fingerprint density at radius 2 is 2.16 bits per heavy atom. The van der Waals surface area contributed by atoms with Gasteiger partial charge in [-0.05, 0) is 23.6 Å². The molecule has 130 valence electrons. The molecule has 0 bridgehead atoms. The van der Waals surface area contributed by atoms with Crippen molar-refractivity contribution in [2.75, 3.05) is 12.1 Å². The summed E-state index contributed by atoms with van der Waals surface area (Å²) in [5, 5.41) is 7.92. The lowest BCUT2D eigenvalue weighted by Gasteiger charge is -2.08. The van der Waals surface area contributed by atoms with Crippen LogP contribution < -0.4 is 20.3 Å². The molecular formula is C17H19N5O3. The second-order valence-corrected chi connectivity index (χ2v) is 6.41. The number of aromatic amines is 1. The van der Waals surface area contributed by atoms with Gasteiger partial charge >= 0.3 is 0 Å². The topological polar surface area (TPSA) is 94.1 Å². The van der Waals surface area contributed by atoms with E-state index in [0.717, 1.165) is 17.1 Å². The molecule has 1 aliphatic rings. The average Bonchev–Trinajstić information content (AvgIpc) is 3.19. The Hall–Kier alpha value is -3.03. The van der Waals surface area contributed by atoms with Crippen molar-refractivity contribution in [3.05, 3.63) is 40.3 Å². The standard InChI is InChI=1S/C17H19N5O3/c1-10(2)8-22-15-12(7-19-22)16(23)21-17(20-15)18-6-11-3-4-13-14(5-11)25-9-24-13/h3-5,7,10H,6,8-9H2,1-2H3,(H2,18,20,21,23). The van der Waals surface area contributed by atoms with E-state index in [1.165, 1.54) is 0 Å². The van der Waals surface area contributed by atoms with E-state index < -0.39 is 0 Å². The molecule has 0 atom stereocenters. The predicted octanol–water partition coefficient (Wildman–Crippen LogP) is 2.12. The maximum Gasteiger partial charge on any atom is 0.263 e. The summed E-state index contributed by atoms with van der Waals surface area (Å²) < 4.78 is 12.4. The van der Waals surface area contributed by atoms with E-state index >= 15 is 0 Å². The summed E-state index contributed by atoms with van der Waals surface area (Å²) in [5.41, 5.74) is 1.39. The van der Waals surface area contributed by atoms with E-state index in [9.17, 15) is 4.79 Å². The number of anilines is 1. The van der Waals surface area contributed by atoms with Gasteiger partial charge in [0.05, 0.1) is 6.20 Å². The average molecular weight is 341 g/mol. The highest BCUT2D eigenvalue weighted by molar-refractivity contribution is 5.74. The summed E-state index contributed by atoms with van der Waals surface area (Å²) in [6.07, 6.45) is 1.56. The van der Waals surface area contributed by atoms with Gasteiger partial charge in [-0.25, -0.2) is 4.68 Å². The summed E-state index contributed by atoms with van der Waals surface area (Å²) >= 11 is 0. The number of hydrogen-bond acceptors (Lipinski definition) is 6. The Bertz CT molecular complexity index is 976. The minimum atomic E-state index is -0.201. The number of nitrogens with one attached hydrogen (secondary N) is 2. The summed E-state index contributed by atoms with van der Waals surface area (Å²) in [4.78, 5) is 19.5. The van der Waals surface area contributed by atoms with Gasteiger partial charge in [-0.3, -0.25) is 9.78 Å². The highest BCUT2D eigenvalue weighted by atomic mass is 16.7. The van der Waals surface area contributed by atoms with Crippen LogP contribution in [0.3, 0.4) is 0 Å². The van der Waals surface area contributed by atoms with E-state index in [4.69, 9.17) is 9.47 Å². The molecule has 0 spiro atoms. The van der Waals surface area contributed by atoms with Gasteiger partial charge < -0.3 is 14.8 Å². The Morgan fingerprint density at radius 3 is 3.00 bits per heavy atom.